The fourth-order valence-corrected chi connectivity index (χ4v) is 2.19. The van der Waals surface area contributed by atoms with Gasteiger partial charge in [0, 0.05) is 17.6 Å². The van der Waals surface area contributed by atoms with Gasteiger partial charge in [-0.15, -0.1) is 0 Å². The van der Waals surface area contributed by atoms with Gasteiger partial charge in [-0.05, 0) is 38.1 Å². The molecule has 96 valence electrons. The predicted octanol–water partition coefficient (Wildman–Crippen LogP) is 2.62. The first-order valence-corrected chi connectivity index (χ1v) is 6.69. The molecule has 1 heterocycles. The van der Waals surface area contributed by atoms with Crippen LogP contribution in [0.2, 0.25) is 0 Å². The van der Waals surface area contributed by atoms with E-state index in [9.17, 15) is 0 Å². The second-order valence-corrected chi connectivity index (χ2v) is 5.07. The van der Waals surface area contributed by atoms with Gasteiger partial charge in [-0.2, -0.15) is 5.10 Å². The first kappa shape index (κ1) is 13.1. The maximum absolute atomic E-state index is 5.52. The summed E-state index contributed by atoms with van der Waals surface area (Å²) >= 11 is 3.43. The molecule has 0 radical (unpaired) electrons. The van der Waals surface area contributed by atoms with Gasteiger partial charge in [0.05, 0.1) is 22.8 Å². The summed E-state index contributed by atoms with van der Waals surface area (Å²) in [7, 11) is 0. The van der Waals surface area contributed by atoms with Crippen LogP contribution in [0.1, 0.15) is 11.4 Å². The van der Waals surface area contributed by atoms with E-state index in [4.69, 9.17) is 5.73 Å². The van der Waals surface area contributed by atoms with Crippen molar-refractivity contribution >= 4 is 21.6 Å². The van der Waals surface area contributed by atoms with Gasteiger partial charge in [-0.25, -0.2) is 4.68 Å². The topological polar surface area (TPSA) is 55.9 Å². The first-order chi connectivity index (χ1) is 8.63. The van der Waals surface area contributed by atoms with Crippen LogP contribution >= 0.6 is 15.9 Å². The van der Waals surface area contributed by atoms with Crippen molar-refractivity contribution in [3.63, 3.8) is 0 Å². The predicted molar refractivity (Wildman–Crippen MR) is 78.3 cm³/mol. The van der Waals surface area contributed by atoms with Crippen molar-refractivity contribution in [2.45, 2.75) is 13.8 Å². The van der Waals surface area contributed by atoms with Gasteiger partial charge in [0.15, 0.2) is 0 Å². The first-order valence-electron chi connectivity index (χ1n) is 5.89. The van der Waals surface area contributed by atoms with Crippen molar-refractivity contribution in [3.8, 4) is 5.69 Å². The van der Waals surface area contributed by atoms with Gasteiger partial charge in [-0.3, -0.25) is 0 Å². The minimum atomic E-state index is 0.613. The lowest BCUT2D eigenvalue weighted by Gasteiger charge is -2.07. The van der Waals surface area contributed by atoms with E-state index in [1.54, 1.807) is 0 Å². The third kappa shape index (κ3) is 2.57. The molecular weight excluding hydrogens is 292 g/mol. The van der Waals surface area contributed by atoms with E-state index in [1.165, 1.54) is 0 Å². The van der Waals surface area contributed by atoms with Gasteiger partial charge in [-0.1, -0.05) is 15.9 Å². The highest BCUT2D eigenvalue weighted by Gasteiger charge is 2.11. The Balaban J connectivity index is 2.37. The number of benzene rings is 1. The van der Waals surface area contributed by atoms with E-state index >= 15 is 0 Å². The molecule has 0 unspecified atom stereocenters. The largest absolute Gasteiger partial charge is 0.381 e. The summed E-state index contributed by atoms with van der Waals surface area (Å²) < 4.78 is 3.01. The number of halogens is 1. The zero-order valence-electron chi connectivity index (χ0n) is 10.6. The zero-order chi connectivity index (χ0) is 13.1. The van der Waals surface area contributed by atoms with E-state index in [0.29, 0.717) is 6.54 Å². The Kier molecular flexibility index (Phi) is 4.04. The van der Waals surface area contributed by atoms with Crippen LogP contribution in [0.4, 0.5) is 5.69 Å². The van der Waals surface area contributed by atoms with Crippen LogP contribution in [0.5, 0.6) is 0 Å². The molecule has 0 fully saturated rings. The van der Waals surface area contributed by atoms with Crippen LogP contribution in [0, 0.1) is 13.8 Å². The van der Waals surface area contributed by atoms with Gasteiger partial charge in [0.25, 0.3) is 0 Å². The summed E-state index contributed by atoms with van der Waals surface area (Å²) in [6.07, 6.45) is 0. The Morgan fingerprint density at radius 3 is 2.56 bits per heavy atom. The summed E-state index contributed by atoms with van der Waals surface area (Å²) in [5, 5.41) is 7.88. The van der Waals surface area contributed by atoms with Gasteiger partial charge < -0.3 is 11.1 Å². The Morgan fingerprint density at radius 1 is 1.28 bits per heavy atom. The molecule has 0 amide bonds. The maximum atomic E-state index is 5.52. The number of hydrogen-bond acceptors (Lipinski definition) is 3. The number of aryl methyl sites for hydroxylation is 1. The summed E-state index contributed by atoms with van der Waals surface area (Å²) in [6, 6.07) is 8.10. The number of anilines is 1. The highest BCUT2D eigenvalue weighted by Crippen LogP contribution is 2.23. The number of aromatic nitrogens is 2. The minimum Gasteiger partial charge on any atom is -0.381 e. The lowest BCUT2D eigenvalue weighted by atomic mass is 10.3. The molecule has 2 rings (SSSR count). The van der Waals surface area contributed by atoms with Gasteiger partial charge in [0.2, 0.25) is 0 Å². The Morgan fingerprint density at radius 2 is 1.94 bits per heavy atom. The van der Waals surface area contributed by atoms with Gasteiger partial charge >= 0.3 is 0 Å². The van der Waals surface area contributed by atoms with Crippen LogP contribution in [0.25, 0.3) is 5.69 Å². The molecule has 0 aliphatic carbocycles. The normalized spacial score (nSPS) is 10.7. The van der Waals surface area contributed by atoms with E-state index in [-0.39, 0.29) is 0 Å². The number of hydrogen-bond donors (Lipinski definition) is 2. The second-order valence-electron chi connectivity index (χ2n) is 4.15. The number of nitrogens with one attached hydrogen (secondary N) is 1. The van der Waals surface area contributed by atoms with Crippen LogP contribution in [-0.4, -0.2) is 22.9 Å². The molecule has 0 spiro atoms. The highest BCUT2D eigenvalue weighted by molar-refractivity contribution is 9.10. The molecule has 4 nitrogen and oxygen atoms in total. The Bertz CT molecular complexity index is 531. The van der Waals surface area contributed by atoms with Gasteiger partial charge in [0.1, 0.15) is 0 Å². The van der Waals surface area contributed by atoms with E-state index in [2.05, 4.69) is 33.3 Å². The number of nitrogens with zero attached hydrogens (tertiary/aromatic N) is 2. The van der Waals surface area contributed by atoms with Crippen molar-refractivity contribution in [2.24, 2.45) is 5.73 Å². The quantitative estimate of drug-likeness (QED) is 0.913. The summed E-state index contributed by atoms with van der Waals surface area (Å²) in [6.45, 7) is 5.43. The van der Waals surface area contributed by atoms with Crippen molar-refractivity contribution in [3.05, 3.63) is 40.1 Å². The summed E-state index contributed by atoms with van der Waals surface area (Å²) in [4.78, 5) is 0. The Labute approximate surface area is 115 Å². The zero-order valence-corrected chi connectivity index (χ0v) is 12.2. The molecule has 1 aromatic carbocycles. The molecule has 0 atom stereocenters. The minimum absolute atomic E-state index is 0.613. The summed E-state index contributed by atoms with van der Waals surface area (Å²) in [5.74, 6) is 0. The summed E-state index contributed by atoms with van der Waals surface area (Å²) in [5.41, 5.74) is 9.73. The Hall–Kier alpha value is -1.33. The van der Waals surface area contributed by atoms with Crippen LogP contribution < -0.4 is 11.1 Å². The molecule has 0 saturated heterocycles. The molecule has 2 aromatic rings. The van der Waals surface area contributed by atoms with Crippen LogP contribution in [0.15, 0.2) is 28.7 Å². The molecule has 5 heteroatoms. The van der Waals surface area contributed by atoms with Crippen LogP contribution in [-0.2, 0) is 0 Å². The lowest BCUT2D eigenvalue weighted by molar-refractivity contribution is 0.833. The molecule has 0 bridgehead atoms. The smallest absolute Gasteiger partial charge is 0.0832 e. The van der Waals surface area contributed by atoms with Crippen molar-refractivity contribution in [1.82, 2.24) is 9.78 Å². The number of nitrogens with two attached hydrogens (primary N) is 1. The van der Waals surface area contributed by atoms with Crippen molar-refractivity contribution < 1.29 is 0 Å². The van der Waals surface area contributed by atoms with E-state index in [0.717, 1.165) is 33.8 Å². The molecule has 0 aliphatic rings. The molecule has 3 N–H and O–H groups in total. The van der Waals surface area contributed by atoms with E-state index < -0.39 is 0 Å². The average Bonchev–Trinajstić information content (AvgIpc) is 2.64. The SMILES string of the molecule is Cc1nn(-c2ccc(Br)cc2)c(C)c1NCCN. The molecule has 0 saturated carbocycles. The monoisotopic (exact) mass is 308 g/mol. The third-order valence-corrected chi connectivity index (χ3v) is 3.34. The fourth-order valence-electron chi connectivity index (χ4n) is 1.93. The molecule has 1 aromatic heterocycles. The van der Waals surface area contributed by atoms with Crippen LogP contribution in [0.3, 0.4) is 0 Å². The maximum Gasteiger partial charge on any atom is 0.0832 e. The third-order valence-electron chi connectivity index (χ3n) is 2.81. The number of rotatable bonds is 4. The molecular formula is C13H17BrN4. The van der Waals surface area contributed by atoms with E-state index in [1.807, 2.05) is 35.9 Å². The molecule has 18 heavy (non-hydrogen) atoms. The fraction of sp³-hybridized carbons (Fsp3) is 0.308. The average molecular weight is 309 g/mol. The standard InChI is InChI=1S/C13H17BrN4/c1-9-13(16-8-7-15)10(2)18(17-9)12-5-3-11(14)4-6-12/h3-6,16H,7-8,15H2,1-2H3. The second kappa shape index (κ2) is 5.54. The van der Waals surface area contributed by atoms with Crippen molar-refractivity contribution in [2.75, 3.05) is 18.4 Å². The molecule has 0 aliphatic heterocycles. The van der Waals surface area contributed by atoms with Crippen molar-refractivity contribution in [1.29, 1.82) is 0 Å². The highest BCUT2D eigenvalue weighted by atomic mass is 79.9. The lowest BCUT2D eigenvalue weighted by Crippen LogP contribution is -2.14.